The van der Waals surface area contributed by atoms with Crippen LogP contribution < -0.4 is 29.1 Å². The Morgan fingerprint density at radius 1 is 1.16 bits per heavy atom. The summed E-state index contributed by atoms with van der Waals surface area (Å²) in [6, 6.07) is 9.69. The number of esters is 1. The minimum Gasteiger partial charge on any atom is -0.497 e. The largest absolute Gasteiger partial charge is 0.497 e. The zero-order valence-corrected chi connectivity index (χ0v) is 23.6. The van der Waals surface area contributed by atoms with E-state index in [0.717, 1.165) is 0 Å². The molecule has 1 aliphatic rings. The number of methoxy groups -OCH3 is 2. The van der Waals surface area contributed by atoms with Gasteiger partial charge in [0.15, 0.2) is 4.80 Å². The van der Waals surface area contributed by atoms with E-state index in [0.29, 0.717) is 48.4 Å². The van der Waals surface area contributed by atoms with E-state index < -0.39 is 12.0 Å². The highest BCUT2D eigenvalue weighted by atomic mass is 35.5. The molecule has 0 unspecified atom stereocenters. The molecule has 0 saturated heterocycles. The minimum atomic E-state index is -0.820. The average molecular weight is 557 g/mol. The fraction of sp³-hybridized carbons (Fsp3) is 0.321. The number of halogens is 1. The number of carbonyl (C=O) groups is 1. The van der Waals surface area contributed by atoms with Crippen LogP contribution in [-0.2, 0) is 9.53 Å². The topological polar surface area (TPSA) is 88.4 Å². The second-order valence-corrected chi connectivity index (χ2v) is 10.2. The Morgan fingerprint density at radius 2 is 1.92 bits per heavy atom. The smallest absolute Gasteiger partial charge is 0.338 e. The van der Waals surface area contributed by atoms with Crippen molar-refractivity contribution in [2.75, 3.05) is 20.8 Å². The maximum atomic E-state index is 13.9. The molecule has 1 aliphatic heterocycles. The molecule has 4 rings (SSSR count). The molecule has 2 heterocycles. The number of aromatic nitrogens is 1. The van der Waals surface area contributed by atoms with Crippen molar-refractivity contribution in [1.29, 1.82) is 0 Å². The molecule has 200 valence electrons. The van der Waals surface area contributed by atoms with Gasteiger partial charge in [-0.2, -0.15) is 0 Å². The summed E-state index contributed by atoms with van der Waals surface area (Å²) in [7, 11) is 3.08. The first-order valence-electron chi connectivity index (χ1n) is 12.1. The van der Waals surface area contributed by atoms with Crippen molar-refractivity contribution in [2.24, 2.45) is 4.99 Å². The Hall–Kier alpha value is -3.56. The average Bonchev–Trinajstić information content (AvgIpc) is 3.18. The first-order chi connectivity index (χ1) is 18.2. The van der Waals surface area contributed by atoms with Gasteiger partial charge < -0.3 is 18.9 Å². The number of allylic oxidation sites excluding steroid dienone is 1. The van der Waals surface area contributed by atoms with E-state index in [1.807, 2.05) is 13.8 Å². The normalized spacial score (nSPS) is 15.3. The van der Waals surface area contributed by atoms with Crippen LogP contribution in [0.5, 0.6) is 17.2 Å². The van der Waals surface area contributed by atoms with Gasteiger partial charge in [0.1, 0.15) is 23.3 Å². The predicted octanol–water partition coefficient (Wildman–Crippen LogP) is 4.26. The zero-order valence-electron chi connectivity index (χ0n) is 22.0. The summed E-state index contributed by atoms with van der Waals surface area (Å²) < 4.78 is 24.2. The van der Waals surface area contributed by atoms with Crippen molar-refractivity contribution < 1.29 is 23.7 Å². The van der Waals surface area contributed by atoms with Crippen LogP contribution in [0.2, 0.25) is 5.02 Å². The molecule has 0 spiro atoms. The third-order valence-corrected chi connectivity index (χ3v) is 7.09. The Labute approximate surface area is 229 Å². The van der Waals surface area contributed by atoms with E-state index >= 15 is 0 Å². The van der Waals surface area contributed by atoms with Crippen LogP contribution in [-0.4, -0.2) is 37.5 Å². The third kappa shape index (κ3) is 5.35. The van der Waals surface area contributed by atoms with Crippen LogP contribution >= 0.6 is 22.9 Å². The number of ether oxygens (including phenoxy) is 4. The SMILES string of the molecule is CCOC(=O)C1=C(C)N=c2s/c(=C/c3cc(Cl)ccc3OC(C)C)c(=O)n2[C@@H]1c1ccc(OC)cc1OC. The number of nitrogens with zero attached hydrogens (tertiary/aromatic N) is 2. The maximum absolute atomic E-state index is 13.9. The number of hydrogen-bond acceptors (Lipinski definition) is 8. The molecule has 0 amide bonds. The summed E-state index contributed by atoms with van der Waals surface area (Å²) >= 11 is 7.49. The lowest BCUT2D eigenvalue weighted by molar-refractivity contribution is -0.139. The molecular formula is C28H29ClN2O6S. The van der Waals surface area contributed by atoms with Crippen molar-refractivity contribution in [1.82, 2.24) is 4.57 Å². The lowest BCUT2D eigenvalue weighted by atomic mass is 9.95. The van der Waals surface area contributed by atoms with Gasteiger partial charge >= 0.3 is 5.97 Å². The van der Waals surface area contributed by atoms with Crippen molar-refractivity contribution in [3.05, 3.63) is 83.5 Å². The molecule has 0 saturated carbocycles. The van der Waals surface area contributed by atoms with Gasteiger partial charge in [0, 0.05) is 22.2 Å². The molecule has 8 nitrogen and oxygen atoms in total. The monoisotopic (exact) mass is 556 g/mol. The summed E-state index contributed by atoms with van der Waals surface area (Å²) in [4.78, 5) is 32.2. The summed E-state index contributed by atoms with van der Waals surface area (Å²) in [5.74, 6) is 1.10. The van der Waals surface area contributed by atoms with E-state index in [4.69, 9.17) is 30.5 Å². The molecule has 10 heteroatoms. The Balaban J connectivity index is 1.99. The Bertz CT molecular complexity index is 1590. The van der Waals surface area contributed by atoms with E-state index in [9.17, 15) is 9.59 Å². The first-order valence-corrected chi connectivity index (χ1v) is 13.3. The zero-order chi connectivity index (χ0) is 27.6. The van der Waals surface area contributed by atoms with E-state index in [-0.39, 0.29) is 23.8 Å². The standard InChI is InChI=1S/C28H29ClN2O6S/c1-7-36-27(33)24-16(4)30-28-31(25(24)20-10-9-19(34-5)14-22(20)35-6)26(32)23(38-28)13-17-12-18(29)8-11-21(17)37-15(2)3/h8-15,25H,7H2,1-6H3/b23-13+/t25-/m1/s1. The van der Waals surface area contributed by atoms with Gasteiger partial charge in [-0.15, -0.1) is 0 Å². The van der Waals surface area contributed by atoms with Crippen LogP contribution in [0.1, 0.15) is 44.9 Å². The molecule has 1 atom stereocenters. The van der Waals surface area contributed by atoms with Gasteiger partial charge in [0.05, 0.1) is 42.7 Å². The lowest BCUT2D eigenvalue weighted by Crippen LogP contribution is -2.40. The third-order valence-electron chi connectivity index (χ3n) is 5.87. The number of hydrogen-bond donors (Lipinski definition) is 0. The van der Waals surface area contributed by atoms with Gasteiger partial charge in [0.25, 0.3) is 5.56 Å². The maximum Gasteiger partial charge on any atom is 0.338 e. The number of fused-ring (bicyclic) bond motifs is 1. The molecule has 2 aromatic carbocycles. The predicted molar refractivity (Wildman–Crippen MR) is 147 cm³/mol. The van der Waals surface area contributed by atoms with E-state index in [1.165, 1.54) is 23.0 Å². The van der Waals surface area contributed by atoms with Gasteiger partial charge in [-0.05, 0) is 64.1 Å². The molecule has 3 aromatic rings. The van der Waals surface area contributed by atoms with Gasteiger partial charge in [-0.3, -0.25) is 9.36 Å². The molecule has 38 heavy (non-hydrogen) atoms. The molecule has 0 radical (unpaired) electrons. The second kappa shape index (κ2) is 11.4. The van der Waals surface area contributed by atoms with Crippen molar-refractivity contribution >= 4 is 35.0 Å². The highest BCUT2D eigenvalue weighted by Crippen LogP contribution is 2.37. The van der Waals surface area contributed by atoms with Gasteiger partial charge in [-0.25, -0.2) is 9.79 Å². The van der Waals surface area contributed by atoms with Crippen molar-refractivity contribution in [2.45, 2.75) is 39.8 Å². The molecule has 0 bridgehead atoms. The molecule has 1 aromatic heterocycles. The number of carbonyl (C=O) groups excluding carboxylic acids is 1. The lowest BCUT2D eigenvalue weighted by Gasteiger charge is -2.26. The molecule has 0 aliphatic carbocycles. The first kappa shape index (κ1) is 27.5. The van der Waals surface area contributed by atoms with Crippen molar-refractivity contribution in [3.63, 3.8) is 0 Å². The summed E-state index contributed by atoms with van der Waals surface area (Å²) in [5, 5.41) is 0.515. The summed E-state index contributed by atoms with van der Waals surface area (Å²) in [6.07, 6.45) is 1.67. The van der Waals surface area contributed by atoms with Gasteiger partial charge in [0.2, 0.25) is 0 Å². The van der Waals surface area contributed by atoms with E-state index in [1.54, 1.807) is 63.4 Å². The Morgan fingerprint density at radius 3 is 2.58 bits per heavy atom. The Kier molecular flexibility index (Phi) is 8.28. The molecular weight excluding hydrogens is 528 g/mol. The van der Waals surface area contributed by atoms with Crippen LogP contribution in [0.4, 0.5) is 0 Å². The number of thiazole rings is 1. The van der Waals surface area contributed by atoms with Crippen LogP contribution in [0, 0.1) is 0 Å². The molecule has 0 fully saturated rings. The number of rotatable bonds is 8. The fourth-order valence-corrected chi connectivity index (χ4v) is 5.48. The second-order valence-electron chi connectivity index (χ2n) is 8.76. The number of benzene rings is 2. The molecule has 0 N–H and O–H groups in total. The van der Waals surface area contributed by atoms with E-state index in [2.05, 4.69) is 4.99 Å². The fourth-order valence-electron chi connectivity index (χ4n) is 4.26. The summed E-state index contributed by atoms with van der Waals surface area (Å²) in [6.45, 7) is 7.49. The van der Waals surface area contributed by atoms with Crippen LogP contribution in [0.3, 0.4) is 0 Å². The highest BCUT2D eigenvalue weighted by Gasteiger charge is 2.35. The van der Waals surface area contributed by atoms with Gasteiger partial charge in [-0.1, -0.05) is 22.9 Å². The van der Waals surface area contributed by atoms with Crippen molar-refractivity contribution in [3.8, 4) is 17.2 Å². The quantitative estimate of drug-likeness (QED) is 0.385. The van der Waals surface area contributed by atoms with Crippen LogP contribution in [0.15, 0.2) is 57.5 Å². The van der Waals surface area contributed by atoms with Crippen LogP contribution in [0.25, 0.3) is 6.08 Å². The minimum absolute atomic E-state index is 0.0677. The highest BCUT2D eigenvalue weighted by molar-refractivity contribution is 7.07. The summed E-state index contributed by atoms with van der Waals surface area (Å²) in [5.41, 5.74) is 1.68.